The molecule has 1 aliphatic heterocycles. The Morgan fingerprint density at radius 2 is 2.29 bits per heavy atom. The van der Waals surface area contributed by atoms with E-state index in [-0.39, 0.29) is 5.97 Å². The minimum absolute atomic E-state index is 0.284. The van der Waals surface area contributed by atoms with Crippen LogP contribution in [0.2, 0.25) is 0 Å². The van der Waals surface area contributed by atoms with E-state index in [4.69, 9.17) is 4.74 Å². The smallest absolute Gasteiger partial charge is 0.338 e. The van der Waals surface area contributed by atoms with Crippen molar-refractivity contribution in [3.63, 3.8) is 0 Å². The fourth-order valence-corrected chi connectivity index (χ4v) is 1.73. The number of ether oxygens (including phenoxy) is 1. The standard InChI is InChI=1S/C11H11O3/c1-6-8(7(2)12)3-4-9-10(6)5-14-11(9)13/h3-4,7,12H,2,5H2,1H3/t7-/m1/s1. The maximum absolute atomic E-state index is 11.2. The summed E-state index contributed by atoms with van der Waals surface area (Å²) < 4.78 is 4.90. The van der Waals surface area contributed by atoms with Crippen LogP contribution in [0.1, 0.15) is 33.2 Å². The van der Waals surface area contributed by atoms with Gasteiger partial charge in [0.1, 0.15) is 6.61 Å². The zero-order valence-electron chi connectivity index (χ0n) is 7.91. The highest BCUT2D eigenvalue weighted by Gasteiger charge is 2.24. The number of hydrogen-bond donors (Lipinski definition) is 1. The minimum atomic E-state index is -0.754. The Labute approximate surface area is 82.3 Å². The summed E-state index contributed by atoms with van der Waals surface area (Å²) in [6.45, 7) is 5.72. The second kappa shape index (κ2) is 3.10. The fourth-order valence-electron chi connectivity index (χ4n) is 1.73. The van der Waals surface area contributed by atoms with Gasteiger partial charge in [-0.25, -0.2) is 4.79 Å². The van der Waals surface area contributed by atoms with Gasteiger partial charge in [-0.2, -0.15) is 0 Å². The Hall–Kier alpha value is -1.35. The molecule has 2 rings (SSSR count). The summed E-state index contributed by atoms with van der Waals surface area (Å²) in [5.41, 5.74) is 3.13. The maximum Gasteiger partial charge on any atom is 0.338 e. The highest BCUT2D eigenvalue weighted by Crippen LogP contribution is 2.28. The van der Waals surface area contributed by atoms with Crippen LogP contribution in [0.5, 0.6) is 0 Å². The first-order valence-corrected chi connectivity index (χ1v) is 4.42. The molecule has 3 heteroatoms. The Kier molecular flexibility index (Phi) is 2.04. The Bertz CT molecular complexity index is 394. The molecule has 1 aromatic carbocycles. The first kappa shape index (κ1) is 9.21. The van der Waals surface area contributed by atoms with Gasteiger partial charge in [0.25, 0.3) is 0 Å². The molecule has 0 bridgehead atoms. The van der Waals surface area contributed by atoms with Crippen molar-refractivity contribution in [2.24, 2.45) is 0 Å². The summed E-state index contributed by atoms with van der Waals surface area (Å²) in [7, 11) is 0. The van der Waals surface area contributed by atoms with E-state index in [9.17, 15) is 9.90 Å². The Morgan fingerprint density at radius 3 is 2.93 bits per heavy atom. The number of carbonyl (C=O) groups excluding carboxylic acids is 1. The van der Waals surface area contributed by atoms with Crippen molar-refractivity contribution >= 4 is 5.97 Å². The largest absolute Gasteiger partial charge is 0.457 e. The highest BCUT2D eigenvalue weighted by atomic mass is 16.5. The average Bonchev–Trinajstić information content (AvgIpc) is 2.49. The van der Waals surface area contributed by atoms with Crippen LogP contribution in [0.4, 0.5) is 0 Å². The summed E-state index contributed by atoms with van der Waals surface area (Å²) >= 11 is 0. The second-order valence-electron chi connectivity index (χ2n) is 3.40. The first-order valence-electron chi connectivity index (χ1n) is 4.42. The number of cyclic esters (lactones) is 1. The van der Waals surface area contributed by atoms with E-state index in [2.05, 4.69) is 6.92 Å². The molecule has 1 atom stereocenters. The third-order valence-electron chi connectivity index (χ3n) is 2.57. The molecule has 1 aliphatic rings. The van der Waals surface area contributed by atoms with E-state index >= 15 is 0 Å². The predicted octanol–water partition coefficient (Wildman–Crippen LogP) is 1.53. The number of carbonyl (C=O) groups is 1. The Balaban J connectivity index is 2.58. The van der Waals surface area contributed by atoms with Gasteiger partial charge < -0.3 is 9.84 Å². The molecule has 0 fully saturated rings. The molecule has 0 aliphatic carbocycles. The number of benzene rings is 1. The van der Waals surface area contributed by atoms with Crippen LogP contribution >= 0.6 is 0 Å². The van der Waals surface area contributed by atoms with E-state index in [1.165, 1.54) is 0 Å². The zero-order valence-corrected chi connectivity index (χ0v) is 7.91. The molecule has 1 radical (unpaired) electrons. The van der Waals surface area contributed by atoms with Crippen LogP contribution in [-0.4, -0.2) is 11.1 Å². The van der Waals surface area contributed by atoms with Crippen LogP contribution in [0.15, 0.2) is 12.1 Å². The summed E-state index contributed by atoms with van der Waals surface area (Å²) in [6.07, 6.45) is -0.754. The third kappa shape index (κ3) is 1.21. The third-order valence-corrected chi connectivity index (χ3v) is 2.57. The van der Waals surface area contributed by atoms with Crippen LogP contribution in [0.25, 0.3) is 0 Å². The zero-order chi connectivity index (χ0) is 10.3. The molecule has 0 aromatic heterocycles. The lowest BCUT2D eigenvalue weighted by Gasteiger charge is -2.10. The summed E-state index contributed by atoms with van der Waals surface area (Å²) in [5.74, 6) is -0.284. The van der Waals surface area contributed by atoms with E-state index in [1.54, 1.807) is 12.1 Å². The SMILES string of the molecule is [CH2][C@@H](O)c1ccc2c(c1C)COC2=O. The van der Waals surface area contributed by atoms with Crippen LogP contribution < -0.4 is 0 Å². The number of rotatable bonds is 1. The molecule has 1 N–H and O–H groups in total. The molecule has 14 heavy (non-hydrogen) atoms. The lowest BCUT2D eigenvalue weighted by atomic mass is 9.96. The van der Waals surface area contributed by atoms with E-state index in [0.29, 0.717) is 12.2 Å². The van der Waals surface area contributed by atoms with Gasteiger partial charge in [-0.15, -0.1) is 0 Å². The van der Waals surface area contributed by atoms with Crippen molar-refractivity contribution in [3.05, 3.63) is 41.3 Å². The van der Waals surface area contributed by atoms with Gasteiger partial charge in [-0.05, 0) is 31.0 Å². The number of fused-ring (bicyclic) bond motifs is 1. The summed E-state index contributed by atoms with van der Waals surface area (Å²) in [4.78, 5) is 11.2. The molecule has 0 saturated carbocycles. The molecular formula is C11H11O3. The fraction of sp³-hybridized carbons (Fsp3) is 0.273. The molecule has 0 unspecified atom stereocenters. The van der Waals surface area contributed by atoms with Gasteiger partial charge >= 0.3 is 5.97 Å². The predicted molar refractivity (Wildman–Crippen MR) is 50.6 cm³/mol. The highest BCUT2D eigenvalue weighted by molar-refractivity contribution is 5.93. The van der Waals surface area contributed by atoms with Gasteiger partial charge in [0, 0.05) is 5.56 Å². The number of hydrogen-bond acceptors (Lipinski definition) is 3. The van der Waals surface area contributed by atoms with Gasteiger partial charge in [-0.1, -0.05) is 6.07 Å². The molecule has 73 valence electrons. The van der Waals surface area contributed by atoms with E-state index < -0.39 is 6.10 Å². The minimum Gasteiger partial charge on any atom is -0.457 e. The first-order chi connectivity index (χ1) is 6.61. The van der Waals surface area contributed by atoms with Crippen molar-refractivity contribution in [2.45, 2.75) is 19.6 Å². The average molecular weight is 191 g/mol. The molecule has 1 heterocycles. The van der Waals surface area contributed by atoms with Gasteiger partial charge in [-0.3, -0.25) is 0 Å². The molecule has 0 amide bonds. The second-order valence-corrected chi connectivity index (χ2v) is 3.40. The number of aliphatic hydroxyl groups is 1. The topological polar surface area (TPSA) is 46.5 Å². The quantitative estimate of drug-likeness (QED) is 0.685. The van der Waals surface area contributed by atoms with Crippen molar-refractivity contribution in [1.82, 2.24) is 0 Å². The summed E-state index contributed by atoms with van der Waals surface area (Å²) in [6, 6.07) is 3.40. The number of aliphatic hydroxyl groups excluding tert-OH is 1. The van der Waals surface area contributed by atoms with Crippen LogP contribution in [-0.2, 0) is 11.3 Å². The van der Waals surface area contributed by atoms with Gasteiger partial charge in [0.2, 0.25) is 0 Å². The molecule has 0 saturated heterocycles. The van der Waals surface area contributed by atoms with Crippen LogP contribution in [0.3, 0.4) is 0 Å². The molecule has 0 spiro atoms. The van der Waals surface area contributed by atoms with Crippen LogP contribution in [0, 0.1) is 13.8 Å². The van der Waals surface area contributed by atoms with Gasteiger partial charge in [0.15, 0.2) is 0 Å². The van der Waals surface area contributed by atoms with Crippen molar-refractivity contribution in [3.8, 4) is 0 Å². The molecular weight excluding hydrogens is 180 g/mol. The van der Waals surface area contributed by atoms with Crippen molar-refractivity contribution < 1.29 is 14.6 Å². The van der Waals surface area contributed by atoms with Crippen molar-refractivity contribution in [2.75, 3.05) is 0 Å². The molecule has 3 nitrogen and oxygen atoms in total. The number of esters is 1. The van der Waals surface area contributed by atoms with Crippen molar-refractivity contribution in [1.29, 1.82) is 0 Å². The summed E-state index contributed by atoms with van der Waals surface area (Å²) in [5, 5.41) is 9.36. The monoisotopic (exact) mass is 191 g/mol. The molecule has 1 aromatic rings. The maximum atomic E-state index is 11.2. The van der Waals surface area contributed by atoms with E-state index in [1.807, 2.05) is 6.92 Å². The Morgan fingerprint density at radius 1 is 1.57 bits per heavy atom. The lowest BCUT2D eigenvalue weighted by Crippen LogP contribution is -2.00. The van der Waals surface area contributed by atoms with E-state index in [0.717, 1.165) is 16.7 Å². The normalized spacial score (nSPS) is 16.4. The lowest BCUT2D eigenvalue weighted by molar-refractivity contribution is 0.0535. The van der Waals surface area contributed by atoms with Gasteiger partial charge in [0.05, 0.1) is 11.7 Å².